The Balaban J connectivity index is 2.00. The topological polar surface area (TPSA) is 34.0 Å². The van der Waals surface area contributed by atoms with Gasteiger partial charge in [0, 0.05) is 5.56 Å². The lowest BCUT2D eigenvalue weighted by molar-refractivity contribution is 0.199. The van der Waals surface area contributed by atoms with Gasteiger partial charge in [-0.05, 0) is 32.9 Å². The molecule has 0 aliphatic heterocycles. The molecule has 1 heterocycles. The average molecular weight is 300 g/mol. The van der Waals surface area contributed by atoms with E-state index in [9.17, 15) is 0 Å². The molecule has 0 aliphatic rings. The highest BCUT2D eigenvalue weighted by molar-refractivity contribution is 5.57. The molecule has 0 saturated heterocycles. The number of benzene rings is 1. The highest BCUT2D eigenvalue weighted by atomic mass is 15.5. The number of hydrogen-bond donors (Lipinski definition) is 0. The van der Waals surface area contributed by atoms with Crippen molar-refractivity contribution < 1.29 is 0 Å². The molecule has 120 valence electrons. The van der Waals surface area contributed by atoms with Crippen LogP contribution in [0.5, 0.6) is 0 Å². The van der Waals surface area contributed by atoms with Gasteiger partial charge in [-0.25, -0.2) is 4.68 Å². The van der Waals surface area contributed by atoms with Crippen LogP contribution in [0.15, 0.2) is 30.5 Å². The Labute approximate surface area is 134 Å². The van der Waals surface area contributed by atoms with Gasteiger partial charge in [0.2, 0.25) is 0 Å². The van der Waals surface area contributed by atoms with Crippen molar-refractivity contribution in [2.75, 3.05) is 13.1 Å². The van der Waals surface area contributed by atoms with Crippen molar-refractivity contribution in [2.24, 2.45) is 0 Å². The first-order valence-corrected chi connectivity index (χ1v) is 8.42. The van der Waals surface area contributed by atoms with Crippen molar-refractivity contribution in [2.45, 2.75) is 53.1 Å². The van der Waals surface area contributed by atoms with Crippen molar-refractivity contribution in [3.63, 3.8) is 0 Å². The van der Waals surface area contributed by atoms with Crippen molar-refractivity contribution in [3.05, 3.63) is 36.0 Å². The summed E-state index contributed by atoms with van der Waals surface area (Å²) in [6, 6.07) is 8.44. The number of nitrogens with zero attached hydrogens (tertiary/aromatic N) is 4. The van der Waals surface area contributed by atoms with Gasteiger partial charge >= 0.3 is 0 Å². The van der Waals surface area contributed by atoms with Crippen LogP contribution in [0.2, 0.25) is 0 Å². The predicted molar refractivity (Wildman–Crippen MR) is 91.6 cm³/mol. The van der Waals surface area contributed by atoms with E-state index in [1.807, 2.05) is 4.68 Å². The normalized spacial score (nSPS) is 11.3. The van der Waals surface area contributed by atoms with Crippen LogP contribution in [0.25, 0.3) is 11.3 Å². The number of rotatable bonds is 9. The lowest BCUT2D eigenvalue weighted by Crippen LogP contribution is -2.29. The first kappa shape index (κ1) is 16.7. The molecule has 2 rings (SSSR count). The summed E-state index contributed by atoms with van der Waals surface area (Å²) in [4.78, 5) is 2.47. The second-order valence-corrected chi connectivity index (χ2v) is 5.98. The molecule has 2 aromatic rings. The number of aryl methyl sites for hydroxylation is 1. The summed E-state index contributed by atoms with van der Waals surface area (Å²) in [6.45, 7) is 9.68. The summed E-state index contributed by atoms with van der Waals surface area (Å²) in [5, 5.41) is 8.61. The minimum Gasteiger partial charge on any atom is -0.284 e. The van der Waals surface area contributed by atoms with Crippen molar-refractivity contribution in [1.82, 2.24) is 19.9 Å². The van der Waals surface area contributed by atoms with E-state index in [-0.39, 0.29) is 0 Å². The van der Waals surface area contributed by atoms with E-state index in [1.165, 1.54) is 31.2 Å². The van der Waals surface area contributed by atoms with Crippen LogP contribution in [-0.4, -0.2) is 33.0 Å². The smallest absolute Gasteiger partial charge is 0.113 e. The lowest BCUT2D eigenvalue weighted by atomic mass is 10.1. The molecule has 1 aromatic heterocycles. The summed E-state index contributed by atoms with van der Waals surface area (Å²) < 4.78 is 1.96. The number of unbranched alkanes of at least 4 members (excludes halogenated alkanes) is 2. The molecule has 1 aromatic carbocycles. The Morgan fingerprint density at radius 2 is 1.64 bits per heavy atom. The molecule has 4 heteroatoms. The Kier molecular flexibility index (Phi) is 6.59. The quantitative estimate of drug-likeness (QED) is 0.699. The zero-order chi connectivity index (χ0) is 15.8. The van der Waals surface area contributed by atoms with E-state index in [0.29, 0.717) is 0 Å². The number of aromatic nitrogens is 3. The Morgan fingerprint density at radius 3 is 2.23 bits per heavy atom. The second kappa shape index (κ2) is 8.69. The van der Waals surface area contributed by atoms with Crippen LogP contribution < -0.4 is 0 Å². The molecule has 0 fully saturated rings. The third kappa shape index (κ3) is 4.95. The van der Waals surface area contributed by atoms with Crippen molar-refractivity contribution >= 4 is 0 Å². The van der Waals surface area contributed by atoms with Gasteiger partial charge in [-0.2, -0.15) is 0 Å². The van der Waals surface area contributed by atoms with Gasteiger partial charge in [-0.15, -0.1) is 5.10 Å². The molecule has 0 saturated carbocycles. The first-order chi connectivity index (χ1) is 10.7. The molecular weight excluding hydrogens is 272 g/mol. The predicted octanol–water partition coefficient (Wildman–Crippen LogP) is 4.11. The van der Waals surface area contributed by atoms with Crippen LogP contribution in [0.4, 0.5) is 0 Å². The van der Waals surface area contributed by atoms with E-state index in [1.54, 1.807) is 0 Å². The molecule has 0 radical (unpaired) electrons. The summed E-state index contributed by atoms with van der Waals surface area (Å²) >= 11 is 0. The van der Waals surface area contributed by atoms with Gasteiger partial charge in [0.05, 0.1) is 12.9 Å². The van der Waals surface area contributed by atoms with E-state index in [2.05, 4.69) is 66.4 Å². The van der Waals surface area contributed by atoms with Crippen LogP contribution in [0.3, 0.4) is 0 Å². The second-order valence-electron chi connectivity index (χ2n) is 5.98. The maximum atomic E-state index is 4.32. The zero-order valence-electron chi connectivity index (χ0n) is 14.1. The third-order valence-electron chi connectivity index (χ3n) is 3.89. The van der Waals surface area contributed by atoms with E-state index < -0.39 is 0 Å². The first-order valence-electron chi connectivity index (χ1n) is 8.42. The summed E-state index contributed by atoms with van der Waals surface area (Å²) in [6.07, 6.45) is 6.99. The fourth-order valence-corrected chi connectivity index (χ4v) is 2.45. The molecule has 22 heavy (non-hydrogen) atoms. The maximum Gasteiger partial charge on any atom is 0.113 e. The molecule has 0 spiro atoms. The Morgan fingerprint density at radius 1 is 1.00 bits per heavy atom. The van der Waals surface area contributed by atoms with Crippen molar-refractivity contribution in [1.29, 1.82) is 0 Å². The molecule has 0 N–H and O–H groups in total. The third-order valence-corrected chi connectivity index (χ3v) is 3.89. The van der Waals surface area contributed by atoms with Crippen LogP contribution in [0, 0.1) is 6.92 Å². The highest BCUT2D eigenvalue weighted by Gasteiger charge is 2.08. The standard InChI is InChI=1S/C18H28N4/c1-4-6-12-21(13-7-5-2)15-22-14-18(19-20-22)17-10-8-16(3)9-11-17/h8-11,14H,4-7,12-13,15H2,1-3H3. The SMILES string of the molecule is CCCCN(CCCC)Cn1cc(-c2ccc(C)cc2)nn1. The van der Waals surface area contributed by atoms with Gasteiger partial charge in [-0.1, -0.05) is 61.7 Å². The summed E-state index contributed by atoms with van der Waals surface area (Å²) in [5.74, 6) is 0. The van der Waals surface area contributed by atoms with E-state index >= 15 is 0 Å². The fourth-order valence-electron chi connectivity index (χ4n) is 2.45. The van der Waals surface area contributed by atoms with Gasteiger partial charge < -0.3 is 0 Å². The van der Waals surface area contributed by atoms with Gasteiger partial charge in [0.1, 0.15) is 5.69 Å². The van der Waals surface area contributed by atoms with Crippen molar-refractivity contribution in [3.8, 4) is 11.3 Å². The fraction of sp³-hybridized carbons (Fsp3) is 0.556. The largest absolute Gasteiger partial charge is 0.284 e. The van der Waals surface area contributed by atoms with Gasteiger partial charge in [0.15, 0.2) is 0 Å². The molecule has 0 amide bonds. The van der Waals surface area contributed by atoms with Gasteiger partial charge in [0.25, 0.3) is 0 Å². The Bertz CT molecular complexity index is 536. The van der Waals surface area contributed by atoms with E-state index in [0.717, 1.165) is 31.0 Å². The molecule has 4 nitrogen and oxygen atoms in total. The monoisotopic (exact) mass is 300 g/mol. The van der Waals surface area contributed by atoms with Gasteiger partial charge in [-0.3, -0.25) is 4.90 Å². The summed E-state index contributed by atoms with van der Waals surface area (Å²) in [5.41, 5.74) is 3.35. The molecule has 0 atom stereocenters. The van der Waals surface area contributed by atoms with Crippen LogP contribution in [0.1, 0.15) is 45.1 Å². The minimum absolute atomic E-state index is 0.832. The number of hydrogen-bond acceptors (Lipinski definition) is 3. The van der Waals surface area contributed by atoms with E-state index in [4.69, 9.17) is 0 Å². The maximum absolute atomic E-state index is 4.32. The van der Waals surface area contributed by atoms with Crippen LogP contribution >= 0.6 is 0 Å². The lowest BCUT2D eigenvalue weighted by Gasteiger charge is -2.21. The molecule has 0 unspecified atom stereocenters. The minimum atomic E-state index is 0.832. The summed E-state index contributed by atoms with van der Waals surface area (Å²) in [7, 11) is 0. The highest BCUT2D eigenvalue weighted by Crippen LogP contribution is 2.16. The zero-order valence-corrected chi connectivity index (χ0v) is 14.1. The Hall–Kier alpha value is -1.68. The molecule has 0 aliphatic carbocycles. The average Bonchev–Trinajstić information content (AvgIpc) is 2.99. The van der Waals surface area contributed by atoms with Crippen LogP contribution in [-0.2, 0) is 6.67 Å². The molecule has 0 bridgehead atoms. The molecular formula is C18H28N4.